The fraction of sp³-hybridized carbons (Fsp3) is 0.333. The maximum Gasteiger partial charge on any atom is 0.253 e. The summed E-state index contributed by atoms with van der Waals surface area (Å²) in [6.07, 6.45) is 0. The highest BCUT2D eigenvalue weighted by atomic mass is 35.5. The normalized spacial score (nSPS) is 12.2. The first-order valence-electron chi connectivity index (χ1n) is 6.76. The third-order valence-corrected chi connectivity index (χ3v) is 3.71. The van der Waals surface area contributed by atoms with Gasteiger partial charge in [0.05, 0.1) is 16.9 Å². The van der Waals surface area contributed by atoms with Gasteiger partial charge in [0.25, 0.3) is 5.91 Å². The van der Waals surface area contributed by atoms with Gasteiger partial charge in [0.1, 0.15) is 11.6 Å². The second-order valence-electron chi connectivity index (χ2n) is 5.20. The molecule has 0 aliphatic heterocycles. The Labute approximate surface area is 132 Å². The third-order valence-electron chi connectivity index (χ3n) is 3.49. The van der Waals surface area contributed by atoms with Crippen molar-refractivity contribution in [3.8, 4) is 0 Å². The number of carbonyl (C=O) groups is 1. The Hall–Kier alpha value is -2.08. The number of nitrogen functional groups attached to an aromatic ring is 1. The number of hydrogen-bond donors (Lipinski definition) is 2. The molecule has 0 radical (unpaired) electrons. The van der Waals surface area contributed by atoms with E-state index in [1.807, 2.05) is 20.8 Å². The maximum atomic E-state index is 13.5. The zero-order valence-corrected chi connectivity index (χ0v) is 13.3. The Balaban J connectivity index is 2.11. The lowest BCUT2D eigenvalue weighted by molar-refractivity contribution is 0.0952. The summed E-state index contributed by atoms with van der Waals surface area (Å²) < 4.78 is 18.6. The fourth-order valence-corrected chi connectivity index (χ4v) is 2.61. The number of hydrogen-bond acceptors (Lipinski definition) is 4. The minimum Gasteiger partial charge on any atom is -0.396 e. The topological polar surface area (TPSA) is 81.2 Å². The number of nitrogens with one attached hydrogen (secondary N) is 1. The third kappa shape index (κ3) is 3.22. The molecule has 2 rings (SSSR count). The number of carbonyl (C=O) groups excluding carboxylic acids is 1. The van der Waals surface area contributed by atoms with Crippen LogP contribution in [0.5, 0.6) is 0 Å². The van der Waals surface area contributed by atoms with Gasteiger partial charge in [-0.2, -0.15) is 0 Å². The van der Waals surface area contributed by atoms with E-state index in [0.717, 1.165) is 17.3 Å². The average molecular weight is 326 g/mol. The van der Waals surface area contributed by atoms with Crippen LogP contribution < -0.4 is 11.1 Å². The second-order valence-corrected chi connectivity index (χ2v) is 5.63. The molecule has 1 aromatic carbocycles. The molecule has 0 aliphatic rings. The Morgan fingerprint density at radius 3 is 2.77 bits per heavy atom. The summed E-state index contributed by atoms with van der Waals surface area (Å²) >= 11 is 5.76. The summed E-state index contributed by atoms with van der Waals surface area (Å²) in [4.78, 5) is 12.2. The molecule has 0 spiro atoms. The van der Waals surface area contributed by atoms with Crippen LogP contribution in [-0.4, -0.2) is 17.6 Å². The molecule has 0 saturated heterocycles. The molecule has 1 aromatic heterocycles. The van der Waals surface area contributed by atoms with Crippen molar-refractivity contribution >= 4 is 23.2 Å². The van der Waals surface area contributed by atoms with Crippen molar-refractivity contribution in [1.29, 1.82) is 0 Å². The summed E-state index contributed by atoms with van der Waals surface area (Å²) in [5, 5.41) is 6.73. The number of aryl methyl sites for hydroxylation is 2. The van der Waals surface area contributed by atoms with Gasteiger partial charge in [-0.25, -0.2) is 4.39 Å². The van der Waals surface area contributed by atoms with Gasteiger partial charge < -0.3 is 15.6 Å². The highest BCUT2D eigenvalue weighted by Crippen LogP contribution is 2.24. The number of nitrogens with two attached hydrogens (primary N) is 1. The number of halogens is 2. The van der Waals surface area contributed by atoms with Gasteiger partial charge in [-0.1, -0.05) is 23.7 Å². The minimum atomic E-state index is -0.712. The smallest absolute Gasteiger partial charge is 0.253 e. The van der Waals surface area contributed by atoms with E-state index in [1.165, 1.54) is 6.07 Å². The van der Waals surface area contributed by atoms with Gasteiger partial charge in [0.15, 0.2) is 0 Å². The van der Waals surface area contributed by atoms with E-state index in [9.17, 15) is 9.18 Å². The molecule has 22 heavy (non-hydrogen) atoms. The second kappa shape index (κ2) is 6.36. The Morgan fingerprint density at radius 2 is 2.18 bits per heavy atom. The summed E-state index contributed by atoms with van der Waals surface area (Å²) in [6.45, 7) is 5.94. The number of aromatic nitrogens is 1. The molecule has 2 aromatic rings. The number of rotatable bonds is 4. The lowest BCUT2D eigenvalue weighted by atomic mass is 9.99. The molecule has 0 bridgehead atoms. The van der Waals surface area contributed by atoms with Crippen LogP contribution in [0.2, 0.25) is 5.02 Å². The largest absolute Gasteiger partial charge is 0.396 e. The number of amides is 1. The zero-order chi connectivity index (χ0) is 16.4. The quantitative estimate of drug-likeness (QED) is 0.846. The Kier molecular flexibility index (Phi) is 4.71. The van der Waals surface area contributed by atoms with E-state index in [-0.39, 0.29) is 22.2 Å². The first kappa shape index (κ1) is 16.3. The van der Waals surface area contributed by atoms with E-state index in [1.54, 1.807) is 0 Å². The molecule has 1 amide bonds. The van der Waals surface area contributed by atoms with E-state index in [2.05, 4.69) is 10.5 Å². The van der Waals surface area contributed by atoms with Crippen molar-refractivity contribution in [3.05, 3.63) is 45.6 Å². The van der Waals surface area contributed by atoms with Gasteiger partial charge in [-0.15, -0.1) is 0 Å². The van der Waals surface area contributed by atoms with Gasteiger partial charge >= 0.3 is 0 Å². The molecule has 0 saturated carbocycles. The first-order valence-corrected chi connectivity index (χ1v) is 7.14. The van der Waals surface area contributed by atoms with Crippen molar-refractivity contribution in [3.63, 3.8) is 0 Å². The van der Waals surface area contributed by atoms with Crippen LogP contribution in [0.25, 0.3) is 0 Å². The van der Waals surface area contributed by atoms with Crippen LogP contribution >= 0.6 is 11.6 Å². The minimum absolute atomic E-state index is 0.000422. The maximum absolute atomic E-state index is 13.5. The molecule has 5 nitrogen and oxygen atoms in total. The molecule has 0 fully saturated rings. The van der Waals surface area contributed by atoms with Gasteiger partial charge in [-0.05, 0) is 26.0 Å². The number of anilines is 1. The molecule has 118 valence electrons. The number of benzene rings is 1. The monoisotopic (exact) mass is 325 g/mol. The van der Waals surface area contributed by atoms with Crippen LogP contribution in [-0.2, 0) is 0 Å². The molecular formula is C15H17ClFN3O2. The molecule has 3 N–H and O–H groups in total. The van der Waals surface area contributed by atoms with Crippen molar-refractivity contribution in [2.45, 2.75) is 26.7 Å². The summed E-state index contributed by atoms with van der Waals surface area (Å²) in [7, 11) is 0. The average Bonchev–Trinajstić information content (AvgIpc) is 2.79. The van der Waals surface area contributed by atoms with Gasteiger partial charge in [0, 0.05) is 23.0 Å². The van der Waals surface area contributed by atoms with Crippen molar-refractivity contribution < 1.29 is 13.7 Å². The molecule has 0 aliphatic carbocycles. The molecule has 0 unspecified atom stereocenters. The SMILES string of the molecule is Cc1noc(C)c1[C@H](C)CNC(=O)c1cc(Cl)cc(F)c1N. The molecular weight excluding hydrogens is 309 g/mol. The van der Waals surface area contributed by atoms with Crippen molar-refractivity contribution in [2.24, 2.45) is 0 Å². The van der Waals surface area contributed by atoms with Crippen LogP contribution in [0.1, 0.15) is 40.2 Å². The first-order chi connectivity index (χ1) is 10.3. The highest BCUT2D eigenvalue weighted by molar-refractivity contribution is 6.31. The van der Waals surface area contributed by atoms with Crippen LogP contribution in [0.15, 0.2) is 16.7 Å². The Morgan fingerprint density at radius 1 is 1.50 bits per heavy atom. The molecule has 1 heterocycles. The standard InChI is InChI=1S/C15H17ClFN3O2/c1-7(13-8(2)20-22-9(13)3)6-19-15(21)11-4-10(16)5-12(17)14(11)18/h4-5,7H,6,18H2,1-3H3,(H,19,21)/t7-/m1/s1. The van der Waals surface area contributed by atoms with Crippen molar-refractivity contribution in [1.82, 2.24) is 10.5 Å². The van der Waals surface area contributed by atoms with Crippen LogP contribution in [0.3, 0.4) is 0 Å². The zero-order valence-electron chi connectivity index (χ0n) is 12.5. The van der Waals surface area contributed by atoms with Gasteiger partial charge in [0.2, 0.25) is 0 Å². The van der Waals surface area contributed by atoms with Crippen LogP contribution in [0, 0.1) is 19.7 Å². The number of nitrogens with zero attached hydrogens (tertiary/aromatic N) is 1. The molecule has 1 atom stereocenters. The van der Waals surface area contributed by atoms with Crippen molar-refractivity contribution in [2.75, 3.05) is 12.3 Å². The predicted molar refractivity (Wildman–Crippen MR) is 82.5 cm³/mol. The fourth-order valence-electron chi connectivity index (χ4n) is 2.41. The summed E-state index contributed by atoms with van der Waals surface area (Å²) in [5.41, 5.74) is 7.12. The van der Waals surface area contributed by atoms with E-state index >= 15 is 0 Å². The van der Waals surface area contributed by atoms with Gasteiger partial charge in [-0.3, -0.25) is 4.79 Å². The van der Waals surface area contributed by atoms with E-state index in [4.69, 9.17) is 21.9 Å². The summed E-state index contributed by atoms with van der Waals surface area (Å²) in [5.74, 6) is -0.470. The lowest BCUT2D eigenvalue weighted by Crippen LogP contribution is -2.28. The lowest BCUT2D eigenvalue weighted by Gasteiger charge is -2.13. The molecule has 7 heteroatoms. The van der Waals surface area contributed by atoms with E-state index in [0.29, 0.717) is 12.3 Å². The summed E-state index contributed by atoms with van der Waals surface area (Å²) in [6, 6.07) is 2.41. The highest BCUT2D eigenvalue weighted by Gasteiger charge is 2.19. The Bertz CT molecular complexity index is 696. The van der Waals surface area contributed by atoms with E-state index < -0.39 is 11.7 Å². The predicted octanol–water partition coefficient (Wildman–Crippen LogP) is 3.20. The van der Waals surface area contributed by atoms with Crippen LogP contribution in [0.4, 0.5) is 10.1 Å².